The average molecular weight is 509 g/mol. The molecule has 3 aliphatic rings. The van der Waals surface area contributed by atoms with Crippen molar-refractivity contribution in [1.82, 2.24) is 14.8 Å². The van der Waals surface area contributed by atoms with Crippen molar-refractivity contribution in [3.63, 3.8) is 0 Å². The molecule has 10 heteroatoms. The third-order valence-electron chi connectivity index (χ3n) is 7.14. The van der Waals surface area contributed by atoms with Crippen LogP contribution in [0.15, 0.2) is 42.6 Å². The van der Waals surface area contributed by atoms with Crippen LogP contribution in [0.2, 0.25) is 5.02 Å². The van der Waals surface area contributed by atoms with E-state index >= 15 is 0 Å². The molecule has 35 heavy (non-hydrogen) atoms. The zero-order chi connectivity index (χ0) is 24.7. The minimum atomic E-state index is -4.50. The minimum absolute atomic E-state index is 0.0569. The second-order valence-electron chi connectivity index (χ2n) is 9.34. The highest BCUT2D eigenvalue weighted by molar-refractivity contribution is 6.31. The highest BCUT2D eigenvalue weighted by atomic mass is 35.5. The third-order valence-corrected chi connectivity index (χ3v) is 7.47. The van der Waals surface area contributed by atoms with Gasteiger partial charge in [0.2, 0.25) is 11.9 Å². The van der Waals surface area contributed by atoms with Crippen molar-refractivity contribution in [2.75, 3.05) is 37.6 Å². The number of nitrogens with zero attached hydrogens (tertiary/aromatic N) is 4. The summed E-state index contributed by atoms with van der Waals surface area (Å²) in [5.74, 6) is -0.452. The number of pyridine rings is 1. The van der Waals surface area contributed by atoms with E-state index in [1.165, 1.54) is 12.1 Å². The molecule has 2 saturated heterocycles. The lowest BCUT2D eigenvalue weighted by Crippen LogP contribution is -2.57. The van der Waals surface area contributed by atoms with Crippen LogP contribution in [-0.2, 0) is 11.0 Å². The van der Waals surface area contributed by atoms with Crippen LogP contribution in [0.5, 0.6) is 0 Å². The Bertz CT molecular complexity index is 1120. The molecule has 2 atom stereocenters. The van der Waals surface area contributed by atoms with Crippen molar-refractivity contribution >= 4 is 28.8 Å². The first-order valence-corrected chi connectivity index (χ1v) is 12.0. The van der Waals surface area contributed by atoms with Gasteiger partial charge in [0.1, 0.15) is 0 Å². The molecule has 0 aliphatic carbocycles. The molecule has 186 valence electrons. The van der Waals surface area contributed by atoms with E-state index in [0.717, 1.165) is 30.2 Å². The van der Waals surface area contributed by atoms with Crippen LogP contribution >= 0.6 is 11.6 Å². The first kappa shape index (κ1) is 24.1. The molecular formula is C25H25ClF4N4O. The number of amides is 1. The van der Waals surface area contributed by atoms with Gasteiger partial charge in [0, 0.05) is 38.3 Å². The van der Waals surface area contributed by atoms with Gasteiger partial charge in [0.15, 0.2) is 0 Å². The molecule has 0 N–H and O–H groups in total. The molecule has 1 aromatic heterocycles. The summed E-state index contributed by atoms with van der Waals surface area (Å²) in [4.78, 5) is 23.0. The van der Waals surface area contributed by atoms with Crippen LogP contribution in [-0.4, -0.2) is 65.5 Å². The lowest BCUT2D eigenvalue weighted by Gasteiger charge is -2.43. The molecule has 4 heterocycles. The Balaban J connectivity index is 1.19. The van der Waals surface area contributed by atoms with Gasteiger partial charge in [0.05, 0.1) is 29.0 Å². The number of rotatable bonds is 4. The van der Waals surface area contributed by atoms with Crippen molar-refractivity contribution in [3.8, 4) is 0 Å². The van der Waals surface area contributed by atoms with Crippen LogP contribution in [0.3, 0.4) is 0 Å². The fourth-order valence-corrected chi connectivity index (χ4v) is 5.62. The number of alkyl halides is 3. The summed E-state index contributed by atoms with van der Waals surface area (Å²) in [5, 5.41) is -0.311. The van der Waals surface area contributed by atoms with E-state index in [2.05, 4.69) is 9.88 Å². The predicted molar refractivity (Wildman–Crippen MR) is 126 cm³/mol. The Kier molecular flexibility index (Phi) is 6.48. The number of fused-ring (bicyclic) bond motifs is 2. The fourth-order valence-electron chi connectivity index (χ4n) is 5.40. The summed E-state index contributed by atoms with van der Waals surface area (Å²) in [6.45, 7) is 2.60. The minimum Gasteiger partial charge on any atom is -0.361 e. The number of carbonyl (C=O) groups excluding carboxylic acids is 1. The Labute approximate surface area is 206 Å². The molecule has 5 nitrogen and oxygen atoms in total. The van der Waals surface area contributed by atoms with Crippen molar-refractivity contribution in [2.45, 2.75) is 37.5 Å². The highest BCUT2D eigenvalue weighted by Gasteiger charge is 2.41. The number of piperazine rings is 1. The van der Waals surface area contributed by atoms with Gasteiger partial charge < -0.3 is 9.80 Å². The molecule has 3 aliphatic heterocycles. The standard InChI is InChI=1S/C25H25ClF4N4O/c26-22-5-1-17(11-21(22)25(28,29)30)16-7-9-32(10-8-16)15-24(35)33-13-19-2-3-20(14-33)34(19)18-4-6-23(27)31-12-18/h1,4-7,11-12,19-20H,2-3,8-10,13-15H2. The van der Waals surface area contributed by atoms with Gasteiger partial charge in [-0.25, -0.2) is 4.98 Å². The van der Waals surface area contributed by atoms with Gasteiger partial charge >= 0.3 is 6.18 Å². The highest BCUT2D eigenvalue weighted by Crippen LogP contribution is 2.37. The number of likely N-dealkylation sites (tertiary alicyclic amines) is 1. The largest absolute Gasteiger partial charge is 0.417 e. The van der Waals surface area contributed by atoms with Crippen molar-refractivity contribution < 1.29 is 22.4 Å². The predicted octanol–water partition coefficient (Wildman–Crippen LogP) is 4.86. The van der Waals surface area contributed by atoms with E-state index in [-0.39, 0.29) is 29.6 Å². The molecular weight excluding hydrogens is 484 g/mol. The SMILES string of the molecule is O=C(CN1CC=C(c2ccc(Cl)c(C(F)(F)F)c2)CC1)N1CC2CCC(C1)N2c1ccc(F)nc1. The molecule has 2 fully saturated rings. The molecule has 2 unspecified atom stereocenters. The Morgan fingerprint density at radius 3 is 2.46 bits per heavy atom. The van der Waals surface area contributed by atoms with Crippen molar-refractivity contribution in [2.24, 2.45) is 0 Å². The Morgan fingerprint density at radius 1 is 1.11 bits per heavy atom. The van der Waals surface area contributed by atoms with Crippen LogP contribution in [0, 0.1) is 5.95 Å². The quantitative estimate of drug-likeness (QED) is 0.437. The van der Waals surface area contributed by atoms with Crippen LogP contribution in [0.4, 0.5) is 23.2 Å². The van der Waals surface area contributed by atoms with E-state index in [9.17, 15) is 22.4 Å². The number of benzene rings is 1. The lowest BCUT2D eigenvalue weighted by molar-refractivity contribution is -0.137. The van der Waals surface area contributed by atoms with Crippen LogP contribution in [0.1, 0.15) is 30.4 Å². The monoisotopic (exact) mass is 508 g/mol. The van der Waals surface area contributed by atoms with E-state index < -0.39 is 17.7 Å². The zero-order valence-electron chi connectivity index (χ0n) is 18.9. The normalized spacial score (nSPS) is 22.9. The fraction of sp³-hybridized carbons (Fsp3) is 0.440. The number of aromatic nitrogens is 1. The van der Waals surface area contributed by atoms with Gasteiger partial charge in [-0.15, -0.1) is 0 Å². The van der Waals surface area contributed by atoms with Crippen LogP contribution < -0.4 is 4.90 Å². The van der Waals surface area contributed by atoms with Crippen molar-refractivity contribution in [1.29, 1.82) is 0 Å². The Hall–Kier alpha value is -2.65. The second kappa shape index (κ2) is 9.43. The maximum absolute atomic E-state index is 13.2. The zero-order valence-corrected chi connectivity index (χ0v) is 19.7. The summed E-state index contributed by atoms with van der Waals surface area (Å²) in [7, 11) is 0. The van der Waals surface area contributed by atoms with Gasteiger partial charge in [-0.1, -0.05) is 23.7 Å². The number of anilines is 1. The molecule has 2 bridgehead atoms. The maximum Gasteiger partial charge on any atom is 0.417 e. The molecule has 5 rings (SSSR count). The summed E-state index contributed by atoms with van der Waals surface area (Å²) in [6.07, 6.45) is 1.45. The lowest BCUT2D eigenvalue weighted by atomic mass is 9.97. The first-order valence-electron chi connectivity index (χ1n) is 11.7. The second-order valence-corrected chi connectivity index (χ2v) is 9.74. The van der Waals surface area contributed by atoms with E-state index in [4.69, 9.17) is 11.6 Å². The third kappa shape index (κ3) is 5.02. The molecule has 2 aromatic rings. The summed E-state index contributed by atoms with van der Waals surface area (Å²) < 4.78 is 52.8. The van der Waals surface area contributed by atoms with E-state index in [1.807, 2.05) is 15.9 Å². The number of halogens is 5. The van der Waals surface area contributed by atoms with Gasteiger partial charge in [0.25, 0.3) is 0 Å². The van der Waals surface area contributed by atoms with Crippen molar-refractivity contribution in [3.05, 3.63) is 64.7 Å². The molecule has 0 saturated carbocycles. The van der Waals surface area contributed by atoms with Gasteiger partial charge in [-0.2, -0.15) is 17.6 Å². The first-order chi connectivity index (χ1) is 16.7. The van der Waals surface area contributed by atoms with Gasteiger partial charge in [-0.3, -0.25) is 9.69 Å². The van der Waals surface area contributed by atoms with E-state index in [0.29, 0.717) is 38.2 Å². The molecule has 0 radical (unpaired) electrons. The number of hydrogen-bond acceptors (Lipinski definition) is 4. The summed E-state index contributed by atoms with van der Waals surface area (Å²) in [6, 6.07) is 7.46. The van der Waals surface area contributed by atoms with Gasteiger partial charge in [-0.05, 0) is 54.7 Å². The molecule has 0 spiro atoms. The average Bonchev–Trinajstić information content (AvgIpc) is 3.08. The number of hydrogen-bond donors (Lipinski definition) is 0. The topological polar surface area (TPSA) is 39.7 Å². The number of carbonyl (C=O) groups is 1. The molecule has 1 amide bonds. The summed E-state index contributed by atoms with van der Waals surface area (Å²) >= 11 is 5.74. The Morgan fingerprint density at radius 2 is 1.86 bits per heavy atom. The summed E-state index contributed by atoms with van der Waals surface area (Å²) in [5.41, 5.74) is 1.39. The smallest absolute Gasteiger partial charge is 0.361 e. The van der Waals surface area contributed by atoms with Crippen LogP contribution in [0.25, 0.3) is 5.57 Å². The van der Waals surface area contributed by atoms with E-state index in [1.54, 1.807) is 18.3 Å². The maximum atomic E-state index is 13.2. The molecule has 1 aromatic carbocycles.